The first-order chi connectivity index (χ1) is 6.02. The Kier molecular flexibility index (Phi) is 5.14. The number of carbonyl (C=O) groups excluding carboxylic acids is 2. The van der Waals surface area contributed by atoms with Crippen molar-refractivity contribution in [2.75, 3.05) is 14.2 Å². The Bertz CT molecular complexity index is 214. The number of hydrogen-bond acceptors (Lipinski definition) is 4. The maximum Gasteiger partial charge on any atom is 0.324 e. The van der Waals surface area contributed by atoms with Crippen LogP contribution in [0, 0.1) is 5.92 Å². The molecule has 0 aliphatic rings. The summed E-state index contributed by atoms with van der Waals surface area (Å²) in [7, 11) is 2.38. The normalized spacial score (nSPS) is 11.3. The van der Waals surface area contributed by atoms with Crippen molar-refractivity contribution in [3.05, 3.63) is 11.1 Å². The molecule has 0 aliphatic heterocycles. The highest BCUT2D eigenvalue weighted by atomic mass is 35.5. The molecule has 0 atom stereocenters. The van der Waals surface area contributed by atoms with Gasteiger partial charge >= 0.3 is 11.9 Å². The lowest BCUT2D eigenvalue weighted by atomic mass is 10.1. The van der Waals surface area contributed by atoms with Gasteiger partial charge in [0.2, 0.25) is 0 Å². The van der Waals surface area contributed by atoms with Crippen molar-refractivity contribution in [1.82, 2.24) is 0 Å². The molecule has 0 saturated heterocycles. The molecular weight excluding hydrogens is 196 g/mol. The number of allylic oxidation sites excluding steroid dienone is 1. The van der Waals surface area contributed by atoms with Crippen molar-refractivity contribution in [1.29, 1.82) is 0 Å². The molecule has 0 aliphatic carbocycles. The van der Waals surface area contributed by atoms with Crippen LogP contribution in [0.25, 0.3) is 0 Å². The maximum atomic E-state index is 11.0. The van der Waals surface area contributed by atoms with E-state index in [1.165, 1.54) is 20.3 Å². The van der Waals surface area contributed by atoms with Crippen LogP contribution < -0.4 is 0 Å². The highest BCUT2D eigenvalue weighted by Gasteiger charge is 2.26. The first kappa shape index (κ1) is 12.0. The van der Waals surface area contributed by atoms with Crippen LogP contribution in [0.2, 0.25) is 0 Å². The van der Waals surface area contributed by atoms with Crippen LogP contribution in [0.3, 0.4) is 0 Å². The molecule has 0 aromatic rings. The summed E-state index contributed by atoms with van der Waals surface area (Å²) in [6.45, 7) is 1.56. The Labute approximate surface area is 81.5 Å². The van der Waals surface area contributed by atoms with E-state index >= 15 is 0 Å². The monoisotopic (exact) mass is 206 g/mol. The average molecular weight is 207 g/mol. The van der Waals surface area contributed by atoms with Gasteiger partial charge in [-0.1, -0.05) is 11.6 Å². The van der Waals surface area contributed by atoms with Gasteiger partial charge in [-0.2, -0.15) is 0 Å². The number of methoxy groups -OCH3 is 2. The first-order valence-electron chi connectivity index (χ1n) is 3.52. The van der Waals surface area contributed by atoms with Crippen molar-refractivity contribution < 1.29 is 19.1 Å². The van der Waals surface area contributed by atoms with E-state index in [0.717, 1.165) is 0 Å². The van der Waals surface area contributed by atoms with Crippen molar-refractivity contribution in [3.8, 4) is 0 Å². The van der Waals surface area contributed by atoms with E-state index in [1.807, 2.05) is 0 Å². The second-order valence-electron chi connectivity index (χ2n) is 2.28. The Balaban J connectivity index is 4.65. The standard InChI is InChI=1S/C8H11ClO4/c1-5(9)4-6(7(10)12-2)8(11)13-3/h4,6H,1-3H3. The molecule has 0 fully saturated rings. The summed E-state index contributed by atoms with van der Waals surface area (Å²) in [5.41, 5.74) is 0. The van der Waals surface area contributed by atoms with Crippen LogP contribution in [-0.4, -0.2) is 26.2 Å². The zero-order valence-corrected chi connectivity index (χ0v) is 8.42. The van der Waals surface area contributed by atoms with Gasteiger partial charge in [-0.25, -0.2) is 0 Å². The molecule has 0 heterocycles. The van der Waals surface area contributed by atoms with Gasteiger partial charge in [0.1, 0.15) is 0 Å². The van der Waals surface area contributed by atoms with Crippen molar-refractivity contribution >= 4 is 23.5 Å². The minimum atomic E-state index is -1.08. The topological polar surface area (TPSA) is 52.6 Å². The molecule has 0 spiro atoms. The quantitative estimate of drug-likeness (QED) is 0.513. The Morgan fingerprint density at radius 3 is 1.85 bits per heavy atom. The van der Waals surface area contributed by atoms with Crippen LogP contribution in [0.5, 0.6) is 0 Å². The zero-order chi connectivity index (χ0) is 10.4. The second kappa shape index (κ2) is 5.59. The lowest BCUT2D eigenvalue weighted by molar-refractivity contribution is -0.156. The van der Waals surface area contributed by atoms with Gasteiger partial charge < -0.3 is 9.47 Å². The summed E-state index contributed by atoms with van der Waals surface area (Å²) in [5.74, 6) is -2.45. The Hall–Kier alpha value is -1.03. The minimum Gasteiger partial charge on any atom is -0.468 e. The summed E-state index contributed by atoms with van der Waals surface area (Å²) in [4.78, 5) is 22.0. The van der Waals surface area contributed by atoms with E-state index in [2.05, 4.69) is 9.47 Å². The van der Waals surface area contributed by atoms with Gasteiger partial charge in [-0.05, 0) is 13.0 Å². The molecule has 0 bridgehead atoms. The number of ether oxygens (including phenoxy) is 2. The molecule has 0 aromatic heterocycles. The Morgan fingerprint density at radius 2 is 1.62 bits per heavy atom. The molecule has 0 amide bonds. The molecule has 74 valence electrons. The molecule has 0 aromatic carbocycles. The number of hydrogen-bond donors (Lipinski definition) is 0. The van der Waals surface area contributed by atoms with Gasteiger partial charge in [0.05, 0.1) is 14.2 Å². The highest BCUT2D eigenvalue weighted by molar-refractivity contribution is 6.29. The van der Waals surface area contributed by atoms with E-state index in [4.69, 9.17) is 11.6 Å². The third-order valence-corrected chi connectivity index (χ3v) is 1.43. The third-order valence-electron chi connectivity index (χ3n) is 1.31. The summed E-state index contributed by atoms with van der Waals surface area (Å²) in [6, 6.07) is 0. The molecule has 5 heteroatoms. The van der Waals surface area contributed by atoms with Gasteiger partial charge in [0.15, 0.2) is 5.92 Å². The zero-order valence-electron chi connectivity index (χ0n) is 7.67. The second-order valence-corrected chi connectivity index (χ2v) is 2.87. The van der Waals surface area contributed by atoms with E-state index in [9.17, 15) is 9.59 Å². The van der Waals surface area contributed by atoms with Gasteiger partial charge in [-0.3, -0.25) is 9.59 Å². The minimum absolute atomic E-state index is 0.334. The van der Waals surface area contributed by atoms with Crippen LogP contribution >= 0.6 is 11.6 Å². The third kappa shape index (κ3) is 3.94. The van der Waals surface area contributed by atoms with Crippen LogP contribution in [0.15, 0.2) is 11.1 Å². The van der Waals surface area contributed by atoms with Crippen molar-refractivity contribution in [2.45, 2.75) is 6.92 Å². The predicted octanol–water partition coefficient (Wildman–Crippen LogP) is 1.09. The van der Waals surface area contributed by atoms with Crippen LogP contribution in [0.1, 0.15) is 6.92 Å². The molecular formula is C8H11ClO4. The Morgan fingerprint density at radius 1 is 1.23 bits per heavy atom. The van der Waals surface area contributed by atoms with Gasteiger partial charge in [0.25, 0.3) is 0 Å². The lowest BCUT2D eigenvalue weighted by Crippen LogP contribution is -2.24. The van der Waals surface area contributed by atoms with E-state index < -0.39 is 17.9 Å². The molecule has 0 unspecified atom stereocenters. The SMILES string of the molecule is COC(=O)C(C=C(C)Cl)C(=O)OC. The number of carbonyl (C=O) groups is 2. The first-order valence-corrected chi connectivity index (χ1v) is 3.90. The van der Waals surface area contributed by atoms with E-state index in [1.54, 1.807) is 6.92 Å². The van der Waals surface area contributed by atoms with Crippen LogP contribution in [-0.2, 0) is 19.1 Å². The molecule has 0 saturated carbocycles. The predicted molar refractivity (Wildman–Crippen MR) is 47.1 cm³/mol. The van der Waals surface area contributed by atoms with Gasteiger partial charge in [0, 0.05) is 5.03 Å². The number of rotatable bonds is 3. The average Bonchev–Trinajstić information content (AvgIpc) is 2.11. The molecule has 4 nitrogen and oxygen atoms in total. The fourth-order valence-electron chi connectivity index (χ4n) is 0.716. The van der Waals surface area contributed by atoms with Gasteiger partial charge in [-0.15, -0.1) is 0 Å². The van der Waals surface area contributed by atoms with Crippen molar-refractivity contribution in [2.24, 2.45) is 5.92 Å². The number of halogens is 1. The maximum absolute atomic E-state index is 11.0. The largest absolute Gasteiger partial charge is 0.468 e. The smallest absolute Gasteiger partial charge is 0.324 e. The molecule has 13 heavy (non-hydrogen) atoms. The fourth-order valence-corrected chi connectivity index (χ4v) is 0.842. The summed E-state index contributed by atoms with van der Waals surface area (Å²) in [5, 5.41) is 0.334. The molecule has 0 rings (SSSR count). The summed E-state index contributed by atoms with van der Waals surface area (Å²) in [6.07, 6.45) is 1.28. The number of esters is 2. The molecule has 0 radical (unpaired) electrons. The van der Waals surface area contributed by atoms with Crippen molar-refractivity contribution in [3.63, 3.8) is 0 Å². The van der Waals surface area contributed by atoms with E-state index in [-0.39, 0.29) is 0 Å². The van der Waals surface area contributed by atoms with Crippen LogP contribution in [0.4, 0.5) is 0 Å². The van der Waals surface area contributed by atoms with E-state index in [0.29, 0.717) is 5.03 Å². The molecule has 0 N–H and O–H groups in total. The summed E-state index contributed by atoms with van der Waals surface area (Å²) >= 11 is 5.52. The summed E-state index contributed by atoms with van der Waals surface area (Å²) < 4.78 is 8.79. The fraction of sp³-hybridized carbons (Fsp3) is 0.500. The highest BCUT2D eigenvalue weighted by Crippen LogP contribution is 2.10. The lowest BCUT2D eigenvalue weighted by Gasteiger charge is -2.07.